The molecule has 1 aliphatic heterocycles. The van der Waals surface area contributed by atoms with Crippen LogP contribution in [0.3, 0.4) is 0 Å². The van der Waals surface area contributed by atoms with E-state index in [1.54, 1.807) is 30.5 Å². The van der Waals surface area contributed by atoms with Crippen molar-refractivity contribution in [1.29, 1.82) is 0 Å². The third-order valence-electron chi connectivity index (χ3n) is 5.99. The minimum Gasteiger partial charge on any atom is -0.368 e. The molecule has 1 aliphatic carbocycles. The molecule has 10 heteroatoms. The van der Waals surface area contributed by atoms with Crippen LogP contribution in [0.1, 0.15) is 44.0 Å². The van der Waals surface area contributed by atoms with Gasteiger partial charge in [0, 0.05) is 17.3 Å². The Labute approximate surface area is 175 Å². The van der Waals surface area contributed by atoms with Crippen molar-refractivity contribution in [2.24, 2.45) is 5.14 Å². The number of fused-ring (bicyclic) bond motifs is 4. The van der Waals surface area contributed by atoms with Crippen molar-refractivity contribution in [2.75, 3.05) is 5.32 Å². The molecule has 9 nitrogen and oxygen atoms in total. The molecular formula is C20H22N6O3S. The number of nitrogens with two attached hydrogens (primary N) is 1. The number of hydrogen-bond donors (Lipinski definition) is 4. The number of nitrogens with one attached hydrogen (secondary N) is 2. The Hall–Kier alpha value is -2.82. The summed E-state index contributed by atoms with van der Waals surface area (Å²) in [7, 11) is -1.54. The summed E-state index contributed by atoms with van der Waals surface area (Å²) in [6.07, 6.45) is 5.05. The zero-order valence-electron chi connectivity index (χ0n) is 16.2. The van der Waals surface area contributed by atoms with Gasteiger partial charge < -0.3 is 20.3 Å². The van der Waals surface area contributed by atoms with E-state index in [1.807, 2.05) is 10.6 Å². The van der Waals surface area contributed by atoms with Gasteiger partial charge in [-0.2, -0.15) is 4.98 Å². The molecule has 2 aromatic heterocycles. The van der Waals surface area contributed by atoms with Crippen LogP contribution in [0.25, 0.3) is 11.0 Å². The van der Waals surface area contributed by atoms with Crippen molar-refractivity contribution in [3.63, 3.8) is 0 Å². The predicted molar refractivity (Wildman–Crippen MR) is 112 cm³/mol. The highest BCUT2D eigenvalue weighted by molar-refractivity contribution is 7.82. The smallest absolute Gasteiger partial charge is 0.248 e. The molecule has 1 fully saturated rings. The maximum absolute atomic E-state index is 13.0. The number of aromatic nitrogens is 3. The molecule has 0 radical (unpaired) electrons. The van der Waals surface area contributed by atoms with Crippen molar-refractivity contribution in [1.82, 2.24) is 19.9 Å². The highest BCUT2D eigenvalue weighted by Gasteiger charge is 2.48. The first kappa shape index (κ1) is 19.2. The lowest BCUT2D eigenvalue weighted by Gasteiger charge is -2.43. The lowest BCUT2D eigenvalue weighted by atomic mass is 9.79. The second kappa shape index (κ2) is 7.15. The molecule has 1 saturated carbocycles. The van der Waals surface area contributed by atoms with E-state index in [0.717, 1.165) is 30.3 Å². The van der Waals surface area contributed by atoms with Crippen LogP contribution in [0.2, 0.25) is 0 Å². The molecule has 2 unspecified atom stereocenters. The van der Waals surface area contributed by atoms with E-state index in [2.05, 4.69) is 20.6 Å². The van der Waals surface area contributed by atoms with Gasteiger partial charge in [0.25, 0.3) is 0 Å². The van der Waals surface area contributed by atoms with Gasteiger partial charge in [0.2, 0.25) is 11.9 Å². The Morgan fingerprint density at radius 3 is 2.67 bits per heavy atom. The summed E-state index contributed by atoms with van der Waals surface area (Å²) in [6.45, 7) is 0. The van der Waals surface area contributed by atoms with E-state index in [1.165, 1.54) is 0 Å². The van der Waals surface area contributed by atoms with Gasteiger partial charge in [-0.15, -0.1) is 0 Å². The van der Waals surface area contributed by atoms with Crippen LogP contribution in [0.4, 0.5) is 11.6 Å². The summed E-state index contributed by atoms with van der Waals surface area (Å²) in [6, 6.07) is 8.69. The van der Waals surface area contributed by atoms with Gasteiger partial charge in [-0.1, -0.05) is 19.3 Å². The molecule has 0 saturated heterocycles. The molecule has 3 aromatic rings. The van der Waals surface area contributed by atoms with Crippen LogP contribution < -0.4 is 15.8 Å². The van der Waals surface area contributed by atoms with E-state index >= 15 is 0 Å². The molecule has 1 spiro atoms. The van der Waals surface area contributed by atoms with Crippen molar-refractivity contribution >= 4 is 39.6 Å². The summed E-state index contributed by atoms with van der Waals surface area (Å²) in [4.78, 5) is 22.5. The summed E-state index contributed by atoms with van der Waals surface area (Å²) < 4.78 is 13.3. The fourth-order valence-corrected chi connectivity index (χ4v) is 4.95. The Bertz CT molecular complexity index is 1150. The van der Waals surface area contributed by atoms with Gasteiger partial charge in [0.1, 0.15) is 22.2 Å². The molecule has 0 bridgehead atoms. The minimum atomic E-state index is -1.54. The maximum Gasteiger partial charge on any atom is 0.248 e. The molecule has 1 aromatic carbocycles. The number of carbonyl (C=O) groups excluding carboxylic acids is 1. The molecule has 2 atom stereocenters. The zero-order chi connectivity index (χ0) is 20.9. The van der Waals surface area contributed by atoms with Crippen LogP contribution in [-0.4, -0.2) is 29.8 Å². The molecule has 1 amide bonds. The first-order valence-corrected chi connectivity index (χ1v) is 11.1. The number of aliphatic hydroxyl groups is 1. The molecule has 5 rings (SSSR count). The first-order chi connectivity index (χ1) is 14.5. The third kappa shape index (κ3) is 2.99. The number of benzene rings is 1. The summed E-state index contributed by atoms with van der Waals surface area (Å²) >= 11 is 0. The average molecular weight is 427 g/mol. The predicted octanol–water partition coefficient (Wildman–Crippen LogP) is 1.94. The van der Waals surface area contributed by atoms with E-state index in [-0.39, 0.29) is 5.91 Å². The van der Waals surface area contributed by atoms with Gasteiger partial charge in [-0.25, -0.2) is 14.3 Å². The second-order valence-electron chi connectivity index (χ2n) is 7.79. The highest BCUT2D eigenvalue weighted by Crippen LogP contribution is 2.43. The largest absolute Gasteiger partial charge is 0.368 e. The lowest BCUT2D eigenvalue weighted by molar-refractivity contribution is -0.138. The lowest BCUT2D eigenvalue weighted by Crippen LogP contribution is -2.55. The van der Waals surface area contributed by atoms with Gasteiger partial charge in [-0.05, 0) is 43.2 Å². The molecule has 156 valence electrons. The van der Waals surface area contributed by atoms with E-state index in [9.17, 15) is 14.1 Å². The third-order valence-corrected chi connectivity index (χ3v) is 6.73. The molecule has 2 aliphatic rings. The monoisotopic (exact) mass is 426 g/mol. The first-order valence-electron chi connectivity index (χ1n) is 9.89. The number of rotatable bonds is 3. The quantitative estimate of drug-likeness (QED) is 0.505. The van der Waals surface area contributed by atoms with Crippen molar-refractivity contribution < 1.29 is 14.1 Å². The van der Waals surface area contributed by atoms with Crippen LogP contribution in [0, 0.1) is 0 Å². The Kier molecular flexibility index (Phi) is 4.57. The summed E-state index contributed by atoms with van der Waals surface area (Å²) in [5.74, 6) is 0.217. The fourth-order valence-electron chi connectivity index (χ4n) is 4.54. The molecule has 3 heterocycles. The fraction of sp³-hybridized carbons (Fsp3) is 0.350. The average Bonchev–Trinajstić information content (AvgIpc) is 3.14. The van der Waals surface area contributed by atoms with Gasteiger partial charge in [-0.3, -0.25) is 4.79 Å². The van der Waals surface area contributed by atoms with Crippen LogP contribution in [-0.2, 0) is 21.3 Å². The van der Waals surface area contributed by atoms with Gasteiger partial charge >= 0.3 is 0 Å². The molecular weight excluding hydrogens is 404 g/mol. The number of nitrogens with zero attached hydrogens (tertiary/aromatic N) is 3. The second-order valence-corrected chi connectivity index (χ2v) is 8.86. The number of amides is 1. The van der Waals surface area contributed by atoms with Crippen molar-refractivity contribution in [2.45, 2.75) is 48.8 Å². The van der Waals surface area contributed by atoms with E-state index in [0.29, 0.717) is 35.0 Å². The number of anilines is 2. The Morgan fingerprint density at radius 1 is 1.23 bits per heavy atom. The Balaban J connectivity index is 1.58. The standard InChI is InChI=1S/C20H22N6O3S/c21-30(29)14-6-4-13(5-7-14)23-19-22-11-12-10-15-17(27)25-18(28)20(8-2-1-3-9-20)26(15)16(12)24-19/h4-7,10-11,17,27H,1-3,8-9,21H2,(H,25,28)(H,22,23,24). The maximum atomic E-state index is 13.0. The van der Waals surface area contributed by atoms with Crippen molar-refractivity contribution in [3.05, 3.63) is 42.2 Å². The van der Waals surface area contributed by atoms with Crippen LogP contribution in [0.5, 0.6) is 0 Å². The van der Waals surface area contributed by atoms with Crippen LogP contribution >= 0.6 is 0 Å². The normalized spacial score (nSPS) is 21.3. The topological polar surface area (TPSA) is 135 Å². The minimum absolute atomic E-state index is 0.154. The van der Waals surface area contributed by atoms with Crippen molar-refractivity contribution in [3.8, 4) is 0 Å². The molecule has 30 heavy (non-hydrogen) atoms. The number of carbonyl (C=O) groups is 1. The van der Waals surface area contributed by atoms with E-state index < -0.39 is 22.8 Å². The summed E-state index contributed by atoms with van der Waals surface area (Å²) in [5, 5.41) is 22.5. The molecule has 5 N–H and O–H groups in total. The Morgan fingerprint density at radius 2 is 1.97 bits per heavy atom. The number of hydrogen-bond acceptors (Lipinski definition) is 6. The van der Waals surface area contributed by atoms with Crippen LogP contribution in [0.15, 0.2) is 41.4 Å². The number of aliphatic hydroxyl groups excluding tert-OH is 1. The SMILES string of the molecule is NS(=O)c1ccc(Nc2ncc3cc4n(c3n2)C2(CCCCC2)C(=O)NC4O)cc1. The van der Waals surface area contributed by atoms with E-state index in [4.69, 9.17) is 5.14 Å². The summed E-state index contributed by atoms with van der Waals surface area (Å²) in [5.41, 5.74) is 1.25. The van der Waals surface area contributed by atoms with Gasteiger partial charge in [0.15, 0.2) is 6.23 Å². The van der Waals surface area contributed by atoms with Gasteiger partial charge in [0.05, 0.1) is 10.6 Å². The highest BCUT2D eigenvalue weighted by atomic mass is 32.2. The zero-order valence-corrected chi connectivity index (χ0v) is 17.0.